The minimum Gasteiger partial charge on any atom is -0.390 e. The molecule has 1 aliphatic heterocycles. The van der Waals surface area contributed by atoms with Gasteiger partial charge in [0.05, 0.1) is 17.3 Å². The molecular weight excluding hydrogens is 240 g/mol. The van der Waals surface area contributed by atoms with E-state index in [2.05, 4.69) is 0 Å². The molecule has 0 radical (unpaired) electrons. The van der Waals surface area contributed by atoms with Crippen LogP contribution >= 0.6 is 0 Å². The Morgan fingerprint density at radius 3 is 2.26 bits per heavy atom. The van der Waals surface area contributed by atoms with Gasteiger partial charge in [0.1, 0.15) is 0 Å². The fraction of sp³-hybridized carbons (Fsp3) is 1.00. The molecule has 2 unspecified atom stereocenters. The molecule has 3 nitrogen and oxygen atoms in total. The molecule has 19 heavy (non-hydrogen) atoms. The zero-order valence-electron chi connectivity index (χ0n) is 11.9. The van der Waals surface area contributed by atoms with Crippen LogP contribution < -0.4 is 0 Å². The number of hydrogen-bond acceptors (Lipinski definition) is 3. The molecule has 0 amide bonds. The fourth-order valence-electron chi connectivity index (χ4n) is 4.60. The molecule has 0 bridgehead atoms. The maximum atomic E-state index is 10.7. The molecule has 110 valence electrons. The molecule has 0 aromatic rings. The topological polar surface area (TPSA) is 49.7 Å². The van der Waals surface area contributed by atoms with Gasteiger partial charge in [-0.05, 0) is 44.4 Å². The van der Waals surface area contributed by atoms with E-state index in [9.17, 15) is 10.2 Å². The third-order valence-electron chi connectivity index (χ3n) is 5.76. The maximum absolute atomic E-state index is 10.7. The van der Waals surface area contributed by atoms with Crippen LogP contribution in [0.4, 0.5) is 0 Å². The van der Waals surface area contributed by atoms with Crippen molar-refractivity contribution in [2.75, 3.05) is 6.61 Å². The molecule has 2 N–H and O–H groups in total. The van der Waals surface area contributed by atoms with E-state index in [0.29, 0.717) is 0 Å². The molecule has 2 aliphatic carbocycles. The Labute approximate surface area is 116 Å². The predicted octanol–water partition coefficient (Wildman–Crippen LogP) is 2.78. The van der Waals surface area contributed by atoms with Gasteiger partial charge in [-0.15, -0.1) is 0 Å². The molecule has 3 rings (SSSR count). The summed E-state index contributed by atoms with van der Waals surface area (Å²) in [6.45, 7) is 0.762. The molecule has 0 aromatic carbocycles. The average molecular weight is 268 g/mol. The lowest BCUT2D eigenvalue weighted by Crippen LogP contribution is -2.51. The second-order valence-electron chi connectivity index (χ2n) is 7.10. The SMILES string of the molecule is OC(C1CCOC2(CCCC2)C1)C1(O)CCCCC1. The second-order valence-corrected chi connectivity index (χ2v) is 7.10. The fourth-order valence-corrected chi connectivity index (χ4v) is 4.60. The smallest absolute Gasteiger partial charge is 0.0908 e. The first kappa shape index (κ1) is 13.8. The van der Waals surface area contributed by atoms with Gasteiger partial charge in [0.2, 0.25) is 0 Å². The summed E-state index contributed by atoms with van der Waals surface area (Å²) in [4.78, 5) is 0. The highest BCUT2D eigenvalue weighted by molar-refractivity contribution is 4.98. The number of rotatable bonds is 2. The van der Waals surface area contributed by atoms with Gasteiger partial charge < -0.3 is 14.9 Å². The first-order valence-corrected chi connectivity index (χ1v) is 8.18. The van der Waals surface area contributed by atoms with E-state index in [0.717, 1.165) is 58.0 Å². The van der Waals surface area contributed by atoms with Crippen LogP contribution in [0.3, 0.4) is 0 Å². The summed E-state index contributed by atoms with van der Waals surface area (Å²) in [7, 11) is 0. The first-order chi connectivity index (χ1) is 9.14. The third-order valence-corrected chi connectivity index (χ3v) is 5.76. The van der Waals surface area contributed by atoms with Gasteiger partial charge in [0.25, 0.3) is 0 Å². The minimum atomic E-state index is -0.819. The number of hydrogen-bond donors (Lipinski definition) is 2. The summed E-state index contributed by atoms with van der Waals surface area (Å²) in [5.41, 5.74) is -0.783. The molecule has 2 saturated carbocycles. The Morgan fingerprint density at radius 2 is 1.58 bits per heavy atom. The summed E-state index contributed by atoms with van der Waals surface area (Å²) < 4.78 is 6.03. The van der Waals surface area contributed by atoms with Crippen LogP contribution in [0.1, 0.15) is 70.6 Å². The van der Waals surface area contributed by atoms with Crippen molar-refractivity contribution < 1.29 is 14.9 Å². The zero-order valence-corrected chi connectivity index (χ0v) is 11.9. The van der Waals surface area contributed by atoms with Crippen molar-refractivity contribution in [3.63, 3.8) is 0 Å². The molecule has 0 aromatic heterocycles. The highest BCUT2D eigenvalue weighted by Gasteiger charge is 2.47. The van der Waals surface area contributed by atoms with Gasteiger partial charge in [0, 0.05) is 6.61 Å². The molecule has 3 aliphatic rings. The lowest BCUT2D eigenvalue weighted by Gasteiger charge is -2.45. The second kappa shape index (κ2) is 5.34. The van der Waals surface area contributed by atoms with E-state index in [1.54, 1.807) is 0 Å². The van der Waals surface area contributed by atoms with Crippen molar-refractivity contribution >= 4 is 0 Å². The van der Waals surface area contributed by atoms with E-state index >= 15 is 0 Å². The summed E-state index contributed by atoms with van der Waals surface area (Å²) in [5, 5.41) is 21.4. The molecule has 3 heteroatoms. The van der Waals surface area contributed by atoms with Crippen molar-refractivity contribution in [2.45, 2.75) is 87.9 Å². The van der Waals surface area contributed by atoms with Crippen molar-refractivity contribution in [1.82, 2.24) is 0 Å². The molecule has 2 atom stereocenters. The molecular formula is C16H28O3. The van der Waals surface area contributed by atoms with E-state index in [4.69, 9.17) is 4.74 Å². The van der Waals surface area contributed by atoms with Crippen molar-refractivity contribution in [3.8, 4) is 0 Å². The van der Waals surface area contributed by atoms with Crippen LogP contribution in [0.2, 0.25) is 0 Å². The zero-order chi connectivity index (χ0) is 13.3. The van der Waals surface area contributed by atoms with Crippen LogP contribution in [-0.2, 0) is 4.74 Å². The Hall–Kier alpha value is -0.120. The van der Waals surface area contributed by atoms with Crippen LogP contribution in [-0.4, -0.2) is 34.1 Å². The lowest BCUT2D eigenvalue weighted by molar-refractivity contribution is -0.164. The first-order valence-electron chi connectivity index (χ1n) is 8.18. The summed E-state index contributed by atoms with van der Waals surface area (Å²) >= 11 is 0. The highest BCUT2D eigenvalue weighted by atomic mass is 16.5. The van der Waals surface area contributed by atoms with Crippen LogP contribution in [0, 0.1) is 5.92 Å². The summed E-state index contributed by atoms with van der Waals surface area (Å²) in [6, 6.07) is 0. The van der Waals surface area contributed by atoms with Crippen molar-refractivity contribution in [1.29, 1.82) is 0 Å². The normalized spacial score (nSPS) is 35.4. The third kappa shape index (κ3) is 2.70. The quantitative estimate of drug-likeness (QED) is 0.809. The molecule has 1 heterocycles. The average Bonchev–Trinajstić information content (AvgIpc) is 2.87. The van der Waals surface area contributed by atoms with Crippen LogP contribution in [0.5, 0.6) is 0 Å². The number of ether oxygens (including phenoxy) is 1. The Bertz CT molecular complexity index is 303. The van der Waals surface area contributed by atoms with E-state index < -0.39 is 11.7 Å². The summed E-state index contributed by atoms with van der Waals surface area (Å²) in [5.74, 6) is 0.231. The molecule has 1 saturated heterocycles. The standard InChI is InChI=1S/C16H28O3/c17-14(16(18)9-2-1-3-10-16)13-6-11-19-15(12-13)7-4-5-8-15/h13-14,17-18H,1-12H2. The van der Waals surface area contributed by atoms with Crippen molar-refractivity contribution in [2.24, 2.45) is 5.92 Å². The highest BCUT2D eigenvalue weighted by Crippen LogP contribution is 2.45. The molecule has 1 spiro atoms. The maximum Gasteiger partial charge on any atom is 0.0908 e. The summed E-state index contributed by atoms with van der Waals surface area (Å²) in [6.07, 6.45) is 11.0. The van der Waals surface area contributed by atoms with Gasteiger partial charge in [0.15, 0.2) is 0 Å². The van der Waals surface area contributed by atoms with Gasteiger partial charge in [-0.1, -0.05) is 32.1 Å². The van der Waals surface area contributed by atoms with Gasteiger partial charge in [-0.3, -0.25) is 0 Å². The number of aliphatic hydroxyl groups excluding tert-OH is 1. The van der Waals surface area contributed by atoms with Gasteiger partial charge >= 0.3 is 0 Å². The van der Waals surface area contributed by atoms with E-state index in [-0.39, 0.29) is 11.5 Å². The van der Waals surface area contributed by atoms with E-state index in [1.165, 1.54) is 19.3 Å². The Morgan fingerprint density at radius 1 is 0.947 bits per heavy atom. The van der Waals surface area contributed by atoms with Gasteiger partial charge in [-0.25, -0.2) is 0 Å². The predicted molar refractivity (Wildman–Crippen MR) is 73.9 cm³/mol. The van der Waals surface area contributed by atoms with E-state index in [1.807, 2.05) is 0 Å². The Balaban J connectivity index is 1.67. The number of aliphatic hydroxyl groups is 2. The van der Waals surface area contributed by atoms with Crippen molar-refractivity contribution in [3.05, 3.63) is 0 Å². The van der Waals surface area contributed by atoms with Crippen LogP contribution in [0.15, 0.2) is 0 Å². The van der Waals surface area contributed by atoms with Crippen LogP contribution in [0.25, 0.3) is 0 Å². The minimum absolute atomic E-state index is 0.0366. The monoisotopic (exact) mass is 268 g/mol. The largest absolute Gasteiger partial charge is 0.390 e. The Kier molecular flexibility index (Phi) is 3.89. The molecule has 3 fully saturated rings. The van der Waals surface area contributed by atoms with Gasteiger partial charge in [-0.2, -0.15) is 0 Å². The lowest BCUT2D eigenvalue weighted by atomic mass is 9.71.